The van der Waals surface area contributed by atoms with Gasteiger partial charge in [0.15, 0.2) is 17.3 Å². The van der Waals surface area contributed by atoms with Gasteiger partial charge in [-0.2, -0.15) is 5.10 Å². The molecule has 1 atom stereocenters. The van der Waals surface area contributed by atoms with Gasteiger partial charge in [0, 0.05) is 18.9 Å². The molecule has 1 saturated heterocycles. The normalized spacial score (nSPS) is 18.7. The van der Waals surface area contributed by atoms with Crippen molar-refractivity contribution in [2.24, 2.45) is 0 Å². The number of anilines is 1. The molecule has 5 rings (SSSR count). The highest BCUT2D eigenvalue weighted by Crippen LogP contribution is 2.40. The summed E-state index contributed by atoms with van der Waals surface area (Å²) in [4.78, 5) is 11.4. The monoisotopic (exact) mass is 335 g/mol. The fraction of sp³-hybridized carbons (Fsp3) is 0.278. The minimum atomic E-state index is 0.261. The molecule has 1 aromatic carbocycles. The van der Waals surface area contributed by atoms with Crippen LogP contribution in [0.15, 0.2) is 49.1 Å². The van der Waals surface area contributed by atoms with Crippen molar-refractivity contribution in [2.45, 2.75) is 18.9 Å². The minimum absolute atomic E-state index is 0.261. The van der Waals surface area contributed by atoms with E-state index in [1.807, 2.05) is 24.5 Å². The lowest BCUT2D eigenvalue weighted by Crippen LogP contribution is -2.24. The Morgan fingerprint density at radius 2 is 2.00 bits per heavy atom. The fourth-order valence-corrected chi connectivity index (χ4v) is 3.51. The zero-order valence-corrected chi connectivity index (χ0v) is 13.6. The van der Waals surface area contributed by atoms with Crippen molar-refractivity contribution in [3.05, 3.63) is 54.6 Å². The summed E-state index contributed by atoms with van der Waals surface area (Å²) in [5, 5.41) is 4.24. The van der Waals surface area contributed by atoms with Crippen molar-refractivity contribution >= 4 is 5.82 Å². The van der Waals surface area contributed by atoms with Crippen LogP contribution in [0.4, 0.5) is 5.82 Å². The van der Waals surface area contributed by atoms with E-state index in [9.17, 15) is 0 Å². The number of benzene rings is 1. The second-order valence-electron chi connectivity index (χ2n) is 6.15. The number of hydrogen-bond acceptors (Lipinski definition) is 6. The molecule has 0 unspecified atom stereocenters. The summed E-state index contributed by atoms with van der Waals surface area (Å²) in [5.74, 6) is 3.22. The zero-order valence-electron chi connectivity index (χ0n) is 13.6. The highest BCUT2D eigenvalue weighted by atomic mass is 16.7. The summed E-state index contributed by atoms with van der Waals surface area (Å²) in [5.41, 5.74) is 1.22. The molecule has 1 fully saturated rings. The molecule has 0 aliphatic carbocycles. The smallest absolute Gasteiger partial charge is 0.231 e. The lowest BCUT2D eigenvalue weighted by Gasteiger charge is -2.26. The van der Waals surface area contributed by atoms with Crippen molar-refractivity contribution < 1.29 is 9.47 Å². The van der Waals surface area contributed by atoms with E-state index in [2.05, 4.69) is 27.1 Å². The van der Waals surface area contributed by atoms with E-state index in [4.69, 9.17) is 14.5 Å². The third kappa shape index (κ3) is 2.48. The van der Waals surface area contributed by atoms with E-state index in [-0.39, 0.29) is 6.04 Å². The van der Waals surface area contributed by atoms with Gasteiger partial charge in [-0.25, -0.2) is 9.67 Å². The van der Waals surface area contributed by atoms with Gasteiger partial charge in [-0.15, -0.1) is 0 Å². The summed E-state index contributed by atoms with van der Waals surface area (Å²) in [6, 6.07) is 8.31. The van der Waals surface area contributed by atoms with Crippen LogP contribution >= 0.6 is 0 Å². The molecular formula is C18H17N5O2. The van der Waals surface area contributed by atoms with E-state index >= 15 is 0 Å². The van der Waals surface area contributed by atoms with Crippen molar-refractivity contribution in [1.29, 1.82) is 0 Å². The number of nitrogens with zero attached hydrogens (tertiary/aromatic N) is 5. The lowest BCUT2D eigenvalue weighted by atomic mass is 10.0. The first-order valence-electron chi connectivity index (χ1n) is 8.37. The maximum atomic E-state index is 5.53. The molecule has 126 valence electrons. The molecule has 2 aromatic heterocycles. The molecule has 0 amide bonds. The molecule has 0 radical (unpaired) electrons. The van der Waals surface area contributed by atoms with E-state index in [0.29, 0.717) is 6.79 Å². The number of rotatable bonds is 3. The van der Waals surface area contributed by atoms with E-state index < -0.39 is 0 Å². The third-order valence-corrected chi connectivity index (χ3v) is 4.68. The average molecular weight is 335 g/mol. The molecule has 7 nitrogen and oxygen atoms in total. The van der Waals surface area contributed by atoms with Gasteiger partial charge in [-0.05, 0) is 36.6 Å². The Balaban J connectivity index is 1.48. The molecule has 0 bridgehead atoms. The highest BCUT2D eigenvalue weighted by Gasteiger charge is 2.29. The summed E-state index contributed by atoms with van der Waals surface area (Å²) in [7, 11) is 0. The van der Waals surface area contributed by atoms with E-state index in [0.717, 1.165) is 42.5 Å². The van der Waals surface area contributed by atoms with Crippen molar-refractivity contribution in [1.82, 2.24) is 19.7 Å². The topological polar surface area (TPSA) is 65.3 Å². The van der Waals surface area contributed by atoms with Crippen LogP contribution < -0.4 is 14.4 Å². The summed E-state index contributed by atoms with van der Waals surface area (Å²) in [6.45, 7) is 1.25. The highest BCUT2D eigenvalue weighted by molar-refractivity contribution is 5.49. The van der Waals surface area contributed by atoms with Gasteiger partial charge >= 0.3 is 0 Å². The van der Waals surface area contributed by atoms with E-state index in [1.165, 1.54) is 5.56 Å². The van der Waals surface area contributed by atoms with Gasteiger partial charge in [0.1, 0.15) is 5.82 Å². The Morgan fingerprint density at radius 3 is 2.92 bits per heavy atom. The first-order valence-corrected chi connectivity index (χ1v) is 8.37. The zero-order chi connectivity index (χ0) is 16.6. The first kappa shape index (κ1) is 14.3. The molecule has 2 aliphatic rings. The third-order valence-electron chi connectivity index (χ3n) is 4.68. The summed E-state index contributed by atoms with van der Waals surface area (Å²) < 4.78 is 12.7. The van der Waals surface area contributed by atoms with Gasteiger partial charge in [-0.3, -0.25) is 4.98 Å². The number of fused-ring (bicyclic) bond motifs is 1. The van der Waals surface area contributed by atoms with Gasteiger partial charge in [0.2, 0.25) is 6.79 Å². The van der Waals surface area contributed by atoms with Crippen molar-refractivity contribution in [3.8, 4) is 17.3 Å². The number of ether oxygens (including phenoxy) is 2. The van der Waals surface area contributed by atoms with Crippen LogP contribution in [-0.4, -0.2) is 33.1 Å². The molecule has 7 heteroatoms. The van der Waals surface area contributed by atoms with Crippen molar-refractivity contribution in [2.75, 3.05) is 18.2 Å². The second-order valence-corrected chi connectivity index (χ2v) is 6.15. The second kappa shape index (κ2) is 5.77. The number of aromatic nitrogens is 4. The van der Waals surface area contributed by atoms with Crippen molar-refractivity contribution in [3.63, 3.8) is 0 Å². The Labute approximate surface area is 144 Å². The van der Waals surface area contributed by atoms with Crippen LogP contribution in [0.5, 0.6) is 11.5 Å². The Bertz CT molecular complexity index is 896. The minimum Gasteiger partial charge on any atom is -0.454 e. The van der Waals surface area contributed by atoms with Crippen LogP contribution in [0.2, 0.25) is 0 Å². The summed E-state index contributed by atoms with van der Waals surface area (Å²) in [6.07, 6.45) is 9.34. The molecule has 4 heterocycles. The Hall–Kier alpha value is -3.09. The Kier molecular flexibility index (Phi) is 3.29. The predicted octanol–water partition coefficient (Wildman–Crippen LogP) is 2.73. The first-order chi connectivity index (χ1) is 12.4. The molecule has 0 spiro atoms. The predicted molar refractivity (Wildman–Crippen MR) is 91.0 cm³/mol. The van der Waals surface area contributed by atoms with Gasteiger partial charge < -0.3 is 14.4 Å². The number of hydrogen-bond donors (Lipinski definition) is 0. The van der Waals surface area contributed by atoms with Gasteiger partial charge in [0.25, 0.3) is 0 Å². The summed E-state index contributed by atoms with van der Waals surface area (Å²) >= 11 is 0. The maximum Gasteiger partial charge on any atom is 0.231 e. The molecule has 25 heavy (non-hydrogen) atoms. The van der Waals surface area contributed by atoms with Gasteiger partial charge in [-0.1, -0.05) is 6.07 Å². The van der Waals surface area contributed by atoms with E-state index in [1.54, 1.807) is 17.1 Å². The molecule has 0 saturated carbocycles. The molecule has 2 aliphatic heterocycles. The average Bonchev–Trinajstić information content (AvgIpc) is 3.42. The van der Waals surface area contributed by atoms with Crippen LogP contribution in [-0.2, 0) is 0 Å². The standard InChI is InChI=1S/C18H17N5O2/c1-3-14(13-4-5-15-16(9-13)25-12-24-15)22(7-1)17-10-19-11-18(21-17)23-8-2-6-20-23/h2,4-6,8-11,14H,1,3,7,12H2/t14-/m1/s1. The SMILES string of the molecule is c1cnn(-c2cncc(N3CCC[C@@H]3c3ccc4c(c3)OCO4)n2)c1. The van der Waals surface area contributed by atoms with Crippen LogP contribution in [0.3, 0.4) is 0 Å². The maximum absolute atomic E-state index is 5.53. The lowest BCUT2D eigenvalue weighted by molar-refractivity contribution is 0.174. The molecule has 3 aromatic rings. The van der Waals surface area contributed by atoms with Crippen LogP contribution in [0, 0.1) is 0 Å². The largest absolute Gasteiger partial charge is 0.454 e. The van der Waals surface area contributed by atoms with Crippen LogP contribution in [0.1, 0.15) is 24.4 Å². The Morgan fingerprint density at radius 1 is 1.08 bits per heavy atom. The van der Waals surface area contributed by atoms with Gasteiger partial charge in [0.05, 0.1) is 18.4 Å². The molecule has 0 N–H and O–H groups in total. The van der Waals surface area contributed by atoms with Crippen LogP contribution in [0.25, 0.3) is 5.82 Å². The molecular weight excluding hydrogens is 318 g/mol. The quantitative estimate of drug-likeness (QED) is 0.733. The fourth-order valence-electron chi connectivity index (χ4n) is 3.51.